The molecule has 4 unspecified atom stereocenters. The molecule has 0 radical (unpaired) electrons. The van der Waals surface area contributed by atoms with Gasteiger partial charge in [-0.05, 0) is 44.9 Å². The van der Waals surface area contributed by atoms with Crippen LogP contribution in [-0.4, -0.2) is 59.0 Å². The summed E-state index contributed by atoms with van der Waals surface area (Å²) in [7, 11) is -4.40. The molecule has 0 aromatic carbocycles. The smallest absolute Gasteiger partial charge is 0.393 e. The molecule has 10 heteroatoms. The molecule has 0 fully saturated rings. The summed E-state index contributed by atoms with van der Waals surface area (Å²) in [5.41, 5.74) is 5.34. The van der Waals surface area contributed by atoms with E-state index in [1.54, 1.807) is 6.08 Å². The predicted octanol–water partition coefficient (Wildman–Crippen LogP) is 9.36. The molecule has 0 heterocycles. The second-order valence-electron chi connectivity index (χ2n) is 13.3. The van der Waals surface area contributed by atoms with E-state index in [4.69, 9.17) is 14.8 Å². The van der Waals surface area contributed by atoms with E-state index in [9.17, 15) is 24.5 Å². The summed E-state index contributed by atoms with van der Waals surface area (Å²) in [4.78, 5) is 22.6. The Balaban J connectivity index is 4.42. The third-order valence-corrected chi connectivity index (χ3v) is 9.49. The number of carbonyl (C=O) groups is 1. The van der Waals surface area contributed by atoms with Crippen LogP contribution in [0.5, 0.6) is 0 Å². The highest BCUT2D eigenvalue weighted by Crippen LogP contribution is 2.43. The molecule has 0 aliphatic rings. The molecule has 288 valence electrons. The number of phosphoric acid groups is 1. The van der Waals surface area contributed by atoms with Crippen molar-refractivity contribution in [1.29, 1.82) is 0 Å². The average Bonchev–Trinajstić information content (AvgIpc) is 3.07. The SMILES string of the molecule is CCCCCCCCCCCC/C=C/CC/C=C/CC/C=C/C(O)C(COP(=O)(O)OCCN)NC(=O)CC(O)CCCCCCCCC. The summed E-state index contributed by atoms with van der Waals surface area (Å²) in [5.74, 6) is -0.465. The lowest BCUT2D eigenvalue weighted by molar-refractivity contribution is -0.124. The fourth-order valence-electron chi connectivity index (χ4n) is 5.50. The number of aliphatic hydroxyl groups is 2. The lowest BCUT2D eigenvalue weighted by Gasteiger charge is -2.24. The van der Waals surface area contributed by atoms with Crippen LogP contribution in [0.2, 0.25) is 0 Å². The third kappa shape index (κ3) is 33.6. The number of nitrogens with one attached hydrogen (secondary N) is 1. The topological polar surface area (TPSA) is 151 Å². The van der Waals surface area contributed by atoms with Crippen molar-refractivity contribution >= 4 is 13.7 Å². The molecule has 0 saturated heterocycles. The summed E-state index contributed by atoms with van der Waals surface area (Å²) in [5, 5.41) is 23.8. The number of allylic oxidation sites excluding steroid dienone is 5. The molecule has 0 aromatic rings. The van der Waals surface area contributed by atoms with Crippen molar-refractivity contribution in [1.82, 2.24) is 5.32 Å². The molecule has 0 rings (SSSR count). The highest BCUT2D eigenvalue weighted by molar-refractivity contribution is 7.47. The van der Waals surface area contributed by atoms with Crippen LogP contribution in [-0.2, 0) is 18.4 Å². The monoisotopic (exact) mass is 715 g/mol. The van der Waals surface area contributed by atoms with Gasteiger partial charge in [0.15, 0.2) is 0 Å². The minimum absolute atomic E-state index is 0.0423. The van der Waals surface area contributed by atoms with Crippen LogP contribution in [0, 0.1) is 0 Å². The van der Waals surface area contributed by atoms with Crippen LogP contribution >= 0.6 is 7.82 Å². The zero-order chi connectivity index (χ0) is 36.3. The van der Waals surface area contributed by atoms with E-state index < -0.39 is 38.6 Å². The molecule has 9 nitrogen and oxygen atoms in total. The lowest BCUT2D eigenvalue weighted by Crippen LogP contribution is -2.46. The van der Waals surface area contributed by atoms with Crippen LogP contribution < -0.4 is 11.1 Å². The van der Waals surface area contributed by atoms with Crippen molar-refractivity contribution in [3.63, 3.8) is 0 Å². The highest BCUT2D eigenvalue weighted by Gasteiger charge is 2.27. The van der Waals surface area contributed by atoms with Gasteiger partial charge in [0.2, 0.25) is 5.91 Å². The van der Waals surface area contributed by atoms with Crippen LogP contribution in [0.15, 0.2) is 36.5 Å². The Hall–Kier alpha value is -1.32. The van der Waals surface area contributed by atoms with Gasteiger partial charge in [-0.25, -0.2) is 4.57 Å². The van der Waals surface area contributed by atoms with Crippen LogP contribution in [0.25, 0.3) is 0 Å². The molecular weight excluding hydrogens is 639 g/mol. The van der Waals surface area contributed by atoms with Crippen molar-refractivity contribution in [2.45, 2.75) is 186 Å². The molecule has 0 aliphatic carbocycles. The molecule has 0 bridgehead atoms. The first-order valence-corrected chi connectivity index (χ1v) is 21.2. The van der Waals surface area contributed by atoms with Crippen LogP contribution in [0.1, 0.15) is 168 Å². The van der Waals surface area contributed by atoms with E-state index >= 15 is 0 Å². The fraction of sp³-hybridized carbons (Fsp3) is 0.821. The Morgan fingerprint density at radius 3 is 1.69 bits per heavy atom. The van der Waals surface area contributed by atoms with E-state index in [2.05, 4.69) is 43.5 Å². The van der Waals surface area contributed by atoms with E-state index in [-0.39, 0.29) is 19.6 Å². The molecular formula is C39H75N2O7P. The standard InChI is InChI=1S/C39H75N2O7P/c1-3-5-7-9-11-12-13-14-15-16-17-18-19-20-21-22-23-25-27-29-31-38(43)37(35-48-49(45,46)47-33-32-40)41-39(44)34-36(42)30-28-26-24-10-8-6-4-2/h18-19,22-23,29,31,36-38,42-43H,3-17,20-21,24-28,30,32-35,40H2,1-2H3,(H,41,44)(H,45,46)/b19-18+,23-22+,31-29+. The van der Waals surface area contributed by atoms with E-state index in [0.717, 1.165) is 44.9 Å². The molecule has 0 aliphatic heterocycles. The number of hydrogen-bond acceptors (Lipinski definition) is 7. The molecule has 0 spiro atoms. The number of nitrogens with two attached hydrogens (primary N) is 1. The van der Waals surface area contributed by atoms with Crippen molar-refractivity contribution in [2.75, 3.05) is 19.8 Å². The van der Waals surface area contributed by atoms with E-state index in [1.165, 1.54) is 89.9 Å². The van der Waals surface area contributed by atoms with Crippen LogP contribution in [0.4, 0.5) is 0 Å². The zero-order valence-corrected chi connectivity index (χ0v) is 32.2. The number of amides is 1. The van der Waals surface area contributed by atoms with Gasteiger partial charge in [-0.1, -0.05) is 153 Å². The van der Waals surface area contributed by atoms with Gasteiger partial charge in [0.1, 0.15) is 0 Å². The maximum Gasteiger partial charge on any atom is 0.472 e. The van der Waals surface area contributed by atoms with Gasteiger partial charge in [0, 0.05) is 6.54 Å². The predicted molar refractivity (Wildman–Crippen MR) is 204 cm³/mol. The fourth-order valence-corrected chi connectivity index (χ4v) is 6.26. The first-order valence-electron chi connectivity index (χ1n) is 19.7. The first-order chi connectivity index (χ1) is 23.8. The Morgan fingerprint density at radius 1 is 0.694 bits per heavy atom. The maximum absolute atomic E-state index is 12.7. The Morgan fingerprint density at radius 2 is 1.16 bits per heavy atom. The van der Waals surface area contributed by atoms with Gasteiger partial charge >= 0.3 is 7.82 Å². The summed E-state index contributed by atoms with van der Waals surface area (Å²) < 4.78 is 21.9. The lowest BCUT2D eigenvalue weighted by atomic mass is 10.0. The number of hydrogen-bond donors (Lipinski definition) is 5. The van der Waals surface area contributed by atoms with Crippen molar-refractivity contribution in [3.05, 3.63) is 36.5 Å². The van der Waals surface area contributed by atoms with Gasteiger partial charge in [0.25, 0.3) is 0 Å². The van der Waals surface area contributed by atoms with Gasteiger partial charge < -0.3 is 26.2 Å². The Bertz CT molecular complexity index is 883. The minimum Gasteiger partial charge on any atom is -0.393 e. The molecule has 4 atom stereocenters. The van der Waals surface area contributed by atoms with Crippen molar-refractivity contribution in [3.8, 4) is 0 Å². The average molecular weight is 715 g/mol. The van der Waals surface area contributed by atoms with E-state index in [0.29, 0.717) is 12.8 Å². The number of phosphoric ester groups is 1. The quantitative estimate of drug-likeness (QED) is 0.0245. The van der Waals surface area contributed by atoms with Gasteiger partial charge in [-0.15, -0.1) is 0 Å². The molecule has 1 amide bonds. The zero-order valence-electron chi connectivity index (χ0n) is 31.3. The first kappa shape index (κ1) is 47.7. The normalized spacial score (nSPS) is 15.3. The van der Waals surface area contributed by atoms with E-state index in [1.807, 2.05) is 6.08 Å². The summed E-state index contributed by atoms with van der Waals surface area (Å²) in [6.45, 7) is 3.88. The molecule has 0 saturated carbocycles. The highest BCUT2D eigenvalue weighted by atomic mass is 31.2. The second-order valence-corrected chi connectivity index (χ2v) is 14.8. The molecule has 6 N–H and O–H groups in total. The Kier molecular flexibility index (Phi) is 34.2. The second kappa shape index (κ2) is 35.1. The van der Waals surface area contributed by atoms with Crippen molar-refractivity contribution < 1.29 is 33.5 Å². The van der Waals surface area contributed by atoms with Gasteiger partial charge in [0.05, 0.1) is 37.9 Å². The number of unbranched alkanes of at least 4 members (excludes halogenated alkanes) is 18. The number of aliphatic hydroxyl groups excluding tert-OH is 2. The summed E-state index contributed by atoms with van der Waals surface area (Å²) in [6, 6.07) is -1.00. The number of rotatable bonds is 36. The summed E-state index contributed by atoms with van der Waals surface area (Å²) in [6.07, 6.45) is 36.8. The summed E-state index contributed by atoms with van der Waals surface area (Å²) >= 11 is 0. The molecule has 0 aromatic heterocycles. The Labute approximate surface area is 300 Å². The molecule has 49 heavy (non-hydrogen) atoms. The largest absolute Gasteiger partial charge is 0.472 e. The van der Waals surface area contributed by atoms with Gasteiger partial charge in [-0.2, -0.15) is 0 Å². The maximum atomic E-state index is 12.7. The van der Waals surface area contributed by atoms with Gasteiger partial charge in [-0.3, -0.25) is 13.8 Å². The van der Waals surface area contributed by atoms with Crippen molar-refractivity contribution in [2.24, 2.45) is 5.73 Å². The van der Waals surface area contributed by atoms with Crippen LogP contribution in [0.3, 0.4) is 0 Å². The minimum atomic E-state index is -4.40. The third-order valence-electron chi connectivity index (χ3n) is 8.50. The number of carbonyl (C=O) groups excluding carboxylic acids is 1.